The van der Waals surface area contributed by atoms with Crippen molar-refractivity contribution in [1.29, 1.82) is 0 Å². The molecule has 0 saturated carbocycles. The molecule has 2 aromatic heterocycles. The van der Waals surface area contributed by atoms with Crippen molar-refractivity contribution >= 4 is 23.3 Å². The van der Waals surface area contributed by atoms with E-state index >= 15 is 0 Å². The molecule has 0 bridgehead atoms. The Morgan fingerprint density at radius 2 is 1.82 bits per heavy atom. The van der Waals surface area contributed by atoms with Crippen LogP contribution >= 0.6 is 11.8 Å². The second-order valence-electron chi connectivity index (χ2n) is 5.89. The molecule has 1 amide bonds. The first-order chi connectivity index (χ1) is 13.6. The van der Waals surface area contributed by atoms with E-state index in [0.717, 1.165) is 10.6 Å². The summed E-state index contributed by atoms with van der Waals surface area (Å²) in [5, 5.41) is 13.8. The number of carbonyl (C=O) groups excluding carboxylic acids is 1. The van der Waals surface area contributed by atoms with E-state index in [1.54, 1.807) is 23.6 Å². The molecule has 0 aliphatic carbocycles. The van der Waals surface area contributed by atoms with E-state index in [2.05, 4.69) is 15.3 Å². The number of methoxy groups -OCH3 is 2. The highest BCUT2D eigenvalue weighted by Gasteiger charge is 2.15. The van der Waals surface area contributed by atoms with Gasteiger partial charge in [0, 0.05) is 18.7 Å². The minimum absolute atomic E-state index is 0.0979. The molecule has 28 heavy (non-hydrogen) atoms. The smallest absolute Gasteiger partial charge is 0.232 e. The Labute approximate surface area is 167 Å². The van der Waals surface area contributed by atoms with Crippen LogP contribution < -0.4 is 9.47 Å². The SMILES string of the molecule is CCN(CC)C(=O)CSc1ccc2nnc(-c3ccc(OC)c(OC)c3)n2n1. The van der Waals surface area contributed by atoms with Crippen LogP contribution in [-0.2, 0) is 4.79 Å². The topological polar surface area (TPSA) is 81.9 Å². The Balaban J connectivity index is 1.88. The molecule has 2 heterocycles. The number of fused-ring (bicyclic) bond motifs is 1. The summed E-state index contributed by atoms with van der Waals surface area (Å²) in [5.74, 6) is 2.27. The van der Waals surface area contributed by atoms with Gasteiger partial charge >= 0.3 is 0 Å². The highest BCUT2D eigenvalue weighted by Crippen LogP contribution is 2.31. The fourth-order valence-corrected chi connectivity index (χ4v) is 3.57. The van der Waals surface area contributed by atoms with Crippen molar-refractivity contribution in [2.75, 3.05) is 33.1 Å². The van der Waals surface area contributed by atoms with E-state index in [9.17, 15) is 4.79 Å². The molecule has 0 radical (unpaired) electrons. The van der Waals surface area contributed by atoms with Gasteiger partial charge in [0.2, 0.25) is 5.91 Å². The van der Waals surface area contributed by atoms with Gasteiger partial charge in [-0.1, -0.05) is 11.8 Å². The lowest BCUT2D eigenvalue weighted by molar-refractivity contribution is -0.127. The highest BCUT2D eigenvalue weighted by atomic mass is 32.2. The Morgan fingerprint density at radius 3 is 2.50 bits per heavy atom. The third-order valence-corrected chi connectivity index (χ3v) is 5.24. The summed E-state index contributed by atoms with van der Waals surface area (Å²) < 4.78 is 12.3. The summed E-state index contributed by atoms with van der Waals surface area (Å²) in [6.07, 6.45) is 0. The molecule has 0 unspecified atom stereocenters. The first-order valence-electron chi connectivity index (χ1n) is 8.96. The summed E-state index contributed by atoms with van der Waals surface area (Å²) in [5.41, 5.74) is 1.43. The summed E-state index contributed by atoms with van der Waals surface area (Å²) in [6.45, 7) is 5.36. The van der Waals surface area contributed by atoms with Crippen LogP contribution in [-0.4, -0.2) is 63.7 Å². The van der Waals surface area contributed by atoms with Crippen LogP contribution in [0.25, 0.3) is 17.0 Å². The summed E-state index contributed by atoms with van der Waals surface area (Å²) in [7, 11) is 3.18. The van der Waals surface area contributed by atoms with Gasteiger partial charge in [0.15, 0.2) is 23.0 Å². The lowest BCUT2D eigenvalue weighted by atomic mass is 10.2. The van der Waals surface area contributed by atoms with Gasteiger partial charge in [-0.05, 0) is 44.2 Å². The van der Waals surface area contributed by atoms with Crippen molar-refractivity contribution in [3.05, 3.63) is 30.3 Å². The first-order valence-corrected chi connectivity index (χ1v) is 9.95. The van der Waals surface area contributed by atoms with Crippen molar-refractivity contribution in [3.8, 4) is 22.9 Å². The van der Waals surface area contributed by atoms with Crippen molar-refractivity contribution in [2.24, 2.45) is 0 Å². The summed E-state index contributed by atoms with van der Waals surface area (Å²) in [4.78, 5) is 14.0. The standard InChI is InChI=1S/C19H23N5O3S/c1-5-23(6-2)18(25)12-28-17-10-9-16-20-21-19(24(16)22-17)13-7-8-14(26-3)15(11-13)27-4/h7-11H,5-6,12H2,1-4H3. The Bertz CT molecular complexity index is 971. The van der Waals surface area contributed by atoms with Crippen LogP contribution in [0.3, 0.4) is 0 Å². The number of hydrogen-bond acceptors (Lipinski definition) is 7. The minimum Gasteiger partial charge on any atom is -0.493 e. The quantitative estimate of drug-likeness (QED) is 0.537. The number of nitrogens with zero attached hydrogens (tertiary/aromatic N) is 5. The highest BCUT2D eigenvalue weighted by molar-refractivity contribution is 7.99. The minimum atomic E-state index is 0.0979. The van der Waals surface area contributed by atoms with Gasteiger partial charge < -0.3 is 14.4 Å². The predicted molar refractivity (Wildman–Crippen MR) is 108 cm³/mol. The molecule has 9 heteroatoms. The van der Waals surface area contributed by atoms with E-state index in [4.69, 9.17) is 9.47 Å². The molecular weight excluding hydrogens is 378 g/mol. The van der Waals surface area contributed by atoms with Gasteiger partial charge in [-0.2, -0.15) is 9.61 Å². The van der Waals surface area contributed by atoms with E-state index < -0.39 is 0 Å². The molecule has 0 atom stereocenters. The van der Waals surface area contributed by atoms with Crippen LogP contribution in [0.15, 0.2) is 35.4 Å². The second-order valence-corrected chi connectivity index (χ2v) is 6.89. The molecule has 0 saturated heterocycles. The van der Waals surface area contributed by atoms with Gasteiger partial charge in [-0.25, -0.2) is 0 Å². The number of aromatic nitrogens is 4. The van der Waals surface area contributed by atoms with Crippen LogP contribution in [0.1, 0.15) is 13.8 Å². The van der Waals surface area contributed by atoms with Gasteiger partial charge in [-0.3, -0.25) is 4.79 Å². The number of ether oxygens (including phenoxy) is 2. The predicted octanol–water partition coefficient (Wildman–Crippen LogP) is 2.77. The van der Waals surface area contributed by atoms with Crippen LogP contribution in [0, 0.1) is 0 Å². The van der Waals surface area contributed by atoms with E-state index in [0.29, 0.717) is 41.8 Å². The average molecular weight is 401 g/mol. The largest absolute Gasteiger partial charge is 0.493 e. The van der Waals surface area contributed by atoms with Crippen LogP contribution in [0.2, 0.25) is 0 Å². The van der Waals surface area contributed by atoms with Crippen LogP contribution in [0.4, 0.5) is 0 Å². The molecule has 148 valence electrons. The Kier molecular flexibility index (Phi) is 6.35. The molecule has 0 aliphatic heterocycles. The number of hydrogen-bond donors (Lipinski definition) is 0. The van der Waals surface area contributed by atoms with E-state index in [-0.39, 0.29) is 5.91 Å². The fourth-order valence-electron chi connectivity index (χ4n) is 2.81. The third kappa shape index (κ3) is 4.04. The number of rotatable bonds is 8. The van der Waals surface area contributed by atoms with E-state index in [1.807, 2.05) is 44.2 Å². The lowest BCUT2D eigenvalue weighted by Gasteiger charge is -2.17. The maximum atomic E-state index is 12.2. The number of benzene rings is 1. The van der Waals surface area contributed by atoms with Crippen molar-refractivity contribution in [3.63, 3.8) is 0 Å². The molecule has 3 aromatic rings. The maximum absolute atomic E-state index is 12.2. The number of thioether (sulfide) groups is 1. The van der Waals surface area contributed by atoms with Gasteiger partial charge in [0.1, 0.15) is 5.03 Å². The Hall–Kier alpha value is -2.81. The Morgan fingerprint density at radius 1 is 1.07 bits per heavy atom. The monoisotopic (exact) mass is 401 g/mol. The molecule has 0 aliphatic rings. The third-order valence-electron chi connectivity index (χ3n) is 4.34. The zero-order chi connectivity index (χ0) is 20.1. The number of carbonyl (C=O) groups is 1. The van der Waals surface area contributed by atoms with Gasteiger partial charge in [-0.15, -0.1) is 10.2 Å². The van der Waals surface area contributed by atoms with Crippen molar-refractivity contribution in [2.45, 2.75) is 18.9 Å². The number of amides is 1. The summed E-state index contributed by atoms with van der Waals surface area (Å²) in [6, 6.07) is 9.22. The van der Waals surface area contributed by atoms with Gasteiger partial charge in [0.05, 0.1) is 20.0 Å². The molecule has 0 N–H and O–H groups in total. The first kappa shape index (κ1) is 19.9. The van der Waals surface area contributed by atoms with E-state index in [1.165, 1.54) is 11.8 Å². The molecule has 0 fully saturated rings. The molecule has 8 nitrogen and oxygen atoms in total. The van der Waals surface area contributed by atoms with Crippen molar-refractivity contribution < 1.29 is 14.3 Å². The van der Waals surface area contributed by atoms with Crippen LogP contribution in [0.5, 0.6) is 11.5 Å². The lowest BCUT2D eigenvalue weighted by Crippen LogP contribution is -2.31. The maximum Gasteiger partial charge on any atom is 0.232 e. The normalized spacial score (nSPS) is 10.9. The molecule has 0 spiro atoms. The molecule has 1 aromatic carbocycles. The molecular formula is C19H23N5O3S. The fraction of sp³-hybridized carbons (Fsp3) is 0.368. The van der Waals surface area contributed by atoms with Crippen molar-refractivity contribution in [1.82, 2.24) is 24.7 Å². The zero-order valence-corrected chi connectivity index (χ0v) is 17.2. The zero-order valence-electron chi connectivity index (χ0n) is 16.4. The second kappa shape index (κ2) is 8.92. The average Bonchev–Trinajstić information content (AvgIpc) is 3.15. The van der Waals surface area contributed by atoms with Gasteiger partial charge in [0.25, 0.3) is 0 Å². The summed E-state index contributed by atoms with van der Waals surface area (Å²) >= 11 is 1.40. The molecule has 3 rings (SSSR count).